The normalized spacial score (nSPS) is 12.5. The fourth-order valence-corrected chi connectivity index (χ4v) is 1.54. The lowest BCUT2D eigenvalue weighted by molar-refractivity contribution is 0.841. The number of aromatic nitrogens is 3. The molecule has 0 bridgehead atoms. The van der Waals surface area contributed by atoms with Crippen molar-refractivity contribution in [1.82, 2.24) is 14.8 Å². The van der Waals surface area contributed by atoms with Gasteiger partial charge in [0.2, 0.25) is 0 Å². The van der Waals surface area contributed by atoms with E-state index >= 15 is 0 Å². The van der Waals surface area contributed by atoms with Gasteiger partial charge in [-0.25, -0.2) is 9.67 Å². The molecule has 13 heavy (non-hydrogen) atoms. The first kappa shape index (κ1) is 6.73. The van der Waals surface area contributed by atoms with E-state index in [1.807, 2.05) is 0 Å². The molecule has 2 rings (SSSR count). The van der Waals surface area contributed by atoms with Crippen LogP contribution in [0.5, 0.6) is 0 Å². The third-order valence-electron chi connectivity index (χ3n) is 1.39. The SMILES string of the molecule is [2H]c1nn(-c2ncccc2Br)c([2H])c1Br. The molecule has 0 saturated heterocycles. The lowest BCUT2D eigenvalue weighted by atomic mass is 10.5. The predicted octanol–water partition coefficient (Wildman–Crippen LogP) is 2.79. The van der Waals surface area contributed by atoms with Crippen molar-refractivity contribution in [3.63, 3.8) is 0 Å². The van der Waals surface area contributed by atoms with Gasteiger partial charge in [-0.15, -0.1) is 0 Å². The van der Waals surface area contributed by atoms with Gasteiger partial charge in [-0.05, 0) is 44.0 Å². The van der Waals surface area contributed by atoms with Gasteiger partial charge in [0.25, 0.3) is 0 Å². The zero-order chi connectivity index (χ0) is 11.0. The van der Waals surface area contributed by atoms with Crippen LogP contribution in [0.25, 0.3) is 5.82 Å². The minimum Gasteiger partial charge on any atom is -0.236 e. The highest BCUT2D eigenvalue weighted by atomic mass is 79.9. The van der Waals surface area contributed by atoms with Crippen LogP contribution in [0.2, 0.25) is 0 Å². The summed E-state index contributed by atoms with van der Waals surface area (Å²) in [6, 6.07) is 3.58. The van der Waals surface area contributed by atoms with Crippen molar-refractivity contribution in [3.8, 4) is 5.82 Å². The molecule has 3 nitrogen and oxygen atoms in total. The Labute approximate surface area is 94.9 Å². The van der Waals surface area contributed by atoms with Crippen LogP contribution in [0.15, 0.2) is 39.6 Å². The van der Waals surface area contributed by atoms with Gasteiger partial charge in [-0.2, -0.15) is 5.10 Å². The summed E-state index contributed by atoms with van der Waals surface area (Å²) in [5.74, 6) is 0.502. The molecule has 2 aromatic rings. The first-order valence-corrected chi connectivity index (χ1v) is 5.02. The van der Waals surface area contributed by atoms with Gasteiger partial charge < -0.3 is 0 Å². The molecule has 0 N–H and O–H groups in total. The minimum atomic E-state index is 0.0255. The van der Waals surface area contributed by atoms with Gasteiger partial charge in [0.05, 0.1) is 17.9 Å². The molecule has 5 heteroatoms. The van der Waals surface area contributed by atoms with Crippen LogP contribution >= 0.6 is 31.9 Å². The number of halogens is 2. The second-order valence-corrected chi connectivity index (χ2v) is 3.91. The zero-order valence-electron chi connectivity index (χ0n) is 8.33. The van der Waals surface area contributed by atoms with Crippen molar-refractivity contribution < 1.29 is 2.74 Å². The maximum absolute atomic E-state index is 7.72. The summed E-state index contributed by atoms with van der Waals surface area (Å²) in [5.41, 5.74) is 0. The smallest absolute Gasteiger partial charge is 0.167 e. The molecule has 0 amide bonds. The van der Waals surface area contributed by atoms with Crippen molar-refractivity contribution in [1.29, 1.82) is 0 Å². The predicted molar refractivity (Wildman–Crippen MR) is 56.8 cm³/mol. The van der Waals surface area contributed by atoms with Crippen LogP contribution in [-0.2, 0) is 0 Å². The fourth-order valence-electron chi connectivity index (χ4n) is 0.870. The number of hydrogen-bond acceptors (Lipinski definition) is 2. The summed E-state index contributed by atoms with van der Waals surface area (Å²) in [6.07, 6.45) is 1.75. The van der Waals surface area contributed by atoms with E-state index in [0.29, 0.717) is 10.3 Å². The first-order chi connectivity index (χ1) is 7.11. The molecule has 0 aromatic carbocycles. The molecule has 2 heterocycles. The second kappa shape index (κ2) is 3.59. The summed E-state index contributed by atoms with van der Waals surface area (Å²) >= 11 is 6.44. The molecular formula is C8H5Br2N3. The zero-order valence-corrected chi connectivity index (χ0v) is 9.50. The fraction of sp³-hybridized carbons (Fsp3) is 0. The van der Waals surface area contributed by atoms with Crippen molar-refractivity contribution in [2.24, 2.45) is 0 Å². The topological polar surface area (TPSA) is 30.7 Å². The van der Waals surface area contributed by atoms with E-state index < -0.39 is 0 Å². The van der Waals surface area contributed by atoms with E-state index in [4.69, 9.17) is 2.74 Å². The Hall–Kier alpha value is -0.680. The Bertz CT molecular complexity index is 513. The van der Waals surface area contributed by atoms with Crippen LogP contribution in [0.3, 0.4) is 0 Å². The molecule has 66 valence electrons. The molecule has 0 aliphatic rings. The van der Waals surface area contributed by atoms with Crippen molar-refractivity contribution in [3.05, 3.63) is 39.6 Å². The number of pyridine rings is 1. The minimum absolute atomic E-state index is 0.0255. The maximum Gasteiger partial charge on any atom is 0.167 e. The quantitative estimate of drug-likeness (QED) is 0.811. The summed E-state index contributed by atoms with van der Waals surface area (Å²) in [4.78, 5) is 4.09. The van der Waals surface area contributed by atoms with Gasteiger partial charge in [0.1, 0.15) is 0 Å². The van der Waals surface area contributed by atoms with Crippen LogP contribution < -0.4 is 0 Å². The summed E-state index contributed by atoms with van der Waals surface area (Å²) in [5, 5.41) is 3.90. The average Bonchev–Trinajstić information content (AvgIpc) is 2.47. The monoisotopic (exact) mass is 303 g/mol. The van der Waals surface area contributed by atoms with Gasteiger partial charge in [-0.1, -0.05) is 0 Å². The molecule has 0 radical (unpaired) electrons. The molecule has 0 atom stereocenters. The highest BCUT2D eigenvalue weighted by molar-refractivity contribution is 9.10. The molecule has 2 aromatic heterocycles. The Morgan fingerprint density at radius 3 is 2.92 bits per heavy atom. The Morgan fingerprint density at radius 2 is 2.31 bits per heavy atom. The highest BCUT2D eigenvalue weighted by Crippen LogP contribution is 2.18. The van der Waals surface area contributed by atoms with E-state index in [2.05, 4.69) is 41.9 Å². The number of hydrogen-bond donors (Lipinski definition) is 0. The van der Waals surface area contributed by atoms with Gasteiger partial charge in [0, 0.05) is 12.4 Å². The maximum atomic E-state index is 7.72. The van der Waals surface area contributed by atoms with Crippen LogP contribution in [0.4, 0.5) is 0 Å². The first-order valence-electron chi connectivity index (χ1n) is 4.44. The van der Waals surface area contributed by atoms with Gasteiger partial charge in [-0.3, -0.25) is 0 Å². The summed E-state index contributed by atoms with van der Waals surface area (Å²) < 4.78 is 17.6. The Balaban J connectivity index is 2.65. The number of rotatable bonds is 1. The molecule has 0 unspecified atom stereocenters. The third-order valence-corrected chi connectivity index (χ3v) is 2.37. The molecular weight excluding hydrogens is 298 g/mol. The van der Waals surface area contributed by atoms with Crippen LogP contribution in [0, 0.1) is 0 Å². The lowest BCUT2D eigenvalue weighted by Gasteiger charge is -2.00. The Morgan fingerprint density at radius 1 is 1.46 bits per heavy atom. The molecule has 0 saturated carbocycles. The Kier molecular flexibility index (Phi) is 1.86. The van der Waals surface area contributed by atoms with E-state index in [0.717, 1.165) is 4.47 Å². The molecule has 0 aliphatic carbocycles. The van der Waals surface area contributed by atoms with E-state index in [1.54, 1.807) is 18.3 Å². The van der Waals surface area contributed by atoms with Gasteiger partial charge in [0.15, 0.2) is 5.82 Å². The van der Waals surface area contributed by atoms with Gasteiger partial charge >= 0.3 is 0 Å². The average molecular weight is 305 g/mol. The van der Waals surface area contributed by atoms with Crippen LogP contribution in [0.1, 0.15) is 2.74 Å². The largest absolute Gasteiger partial charge is 0.236 e. The molecule has 0 aliphatic heterocycles. The van der Waals surface area contributed by atoms with Crippen molar-refractivity contribution >= 4 is 31.9 Å². The molecule has 0 spiro atoms. The van der Waals surface area contributed by atoms with E-state index in [-0.39, 0.29) is 12.3 Å². The summed E-state index contributed by atoms with van der Waals surface area (Å²) in [6.45, 7) is 0. The van der Waals surface area contributed by atoms with E-state index in [9.17, 15) is 0 Å². The van der Waals surface area contributed by atoms with Crippen molar-refractivity contribution in [2.75, 3.05) is 0 Å². The lowest BCUT2D eigenvalue weighted by Crippen LogP contribution is -1.97. The van der Waals surface area contributed by atoms with Crippen LogP contribution in [-0.4, -0.2) is 14.8 Å². The van der Waals surface area contributed by atoms with E-state index in [1.165, 1.54) is 4.68 Å². The highest BCUT2D eigenvalue weighted by Gasteiger charge is 2.03. The third kappa shape index (κ3) is 1.81. The standard InChI is InChI=1S/C8H5Br2N3/c9-6-4-12-13(5-6)8-7(10)2-1-3-11-8/h1-5H/i4D,5D. The number of nitrogens with zero attached hydrogens (tertiary/aromatic N) is 3. The second-order valence-electron chi connectivity index (χ2n) is 2.26. The van der Waals surface area contributed by atoms with Crippen molar-refractivity contribution in [2.45, 2.75) is 0 Å². The molecule has 0 fully saturated rings. The summed E-state index contributed by atoms with van der Waals surface area (Å²) in [7, 11) is 0.